The van der Waals surface area contributed by atoms with E-state index in [2.05, 4.69) is 31.9 Å². The molecule has 2 rings (SSSR count). The first-order valence-corrected chi connectivity index (χ1v) is 7.37. The van der Waals surface area contributed by atoms with E-state index in [0.29, 0.717) is 5.02 Å². The van der Waals surface area contributed by atoms with E-state index in [9.17, 15) is 0 Å². The van der Waals surface area contributed by atoms with Crippen LogP contribution in [0.3, 0.4) is 0 Å². The molecule has 0 fully saturated rings. The van der Waals surface area contributed by atoms with Crippen LogP contribution in [0, 0.1) is 0 Å². The van der Waals surface area contributed by atoms with Gasteiger partial charge < -0.3 is 5.73 Å². The maximum atomic E-state index is 6.22. The molecule has 16 heavy (non-hydrogen) atoms. The highest BCUT2D eigenvalue weighted by molar-refractivity contribution is 9.10. The topological polar surface area (TPSA) is 26.0 Å². The van der Waals surface area contributed by atoms with E-state index in [-0.39, 0.29) is 6.04 Å². The van der Waals surface area contributed by atoms with Crippen molar-refractivity contribution in [1.29, 1.82) is 0 Å². The maximum Gasteiger partial charge on any atom is 0.0668 e. The van der Waals surface area contributed by atoms with Crippen LogP contribution in [0.1, 0.15) is 16.5 Å². The molecule has 1 aromatic carbocycles. The monoisotopic (exact) mass is 379 g/mol. The van der Waals surface area contributed by atoms with E-state index in [4.69, 9.17) is 17.3 Å². The maximum absolute atomic E-state index is 6.22. The third-order valence-corrected chi connectivity index (χ3v) is 5.10. The first-order valence-electron chi connectivity index (χ1n) is 4.53. The number of nitrogens with two attached hydrogens (primary N) is 1. The van der Waals surface area contributed by atoms with Gasteiger partial charge in [0, 0.05) is 18.8 Å². The molecule has 1 unspecified atom stereocenters. The van der Waals surface area contributed by atoms with Gasteiger partial charge in [0.05, 0.1) is 6.04 Å². The van der Waals surface area contributed by atoms with Gasteiger partial charge in [-0.25, -0.2) is 0 Å². The Morgan fingerprint density at radius 2 is 1.94 bits per heavy atom. The lowest BCUT2D eigenvalue weighted by Crippen LogP contribution is -2.11. The molecule has 2 N–H and O–H groups in total. The zero-order chi connectivity index (χ0) is 11.7. The molecule has 0 saturated heterocycles. The third kappa shape index (κ3) is 2.51. The largest absolute Gasteiger partial charge is 0.320 e. The second-order valence-electron chi connectivity index (χ2n) is 3.28. The van der Waals surface area contributed by atoms with Crippen LogP contribution in [-0.2, 0) is 0 Å². The van der Waals surface area contributed by atoms with Crippen molar-refractivity contribution in [2.24, 2.45) is 5.73 Å². The second kappa shape index (κ2) is 5.19. The van der Waals surface area contributed by atoms with Crippen LogP contribution in [0.5, 0.6) is 0 Å². The van der Waals surface area contributed by atoms with Gasteiger partial charge in [-0.15, -0.1) is 11.3 Å². The van der Waals surface area contributed by atoms with Crippen LogP contribution in [0.4, 0.5) is 0 Å². The molecule has 1 nitrogen and oxygen atoms in total. The fourth-order valence-corrected chi connectivity index (χ4v) is 3.99. The predicted molar refractivity (Wildman–Crippen MR) is 77.2 cm³/mol. The van der Waals surface area contributed by atoms with Gasteiger partial charge in [-0.3, -0.25) is 0 Å². The Morgan fingerprint density at radius 1 is 1.19 bits per heavy atom. The highest BCUT2D eigenvalue weighted by Crippen LogP contribution is 2.35. The SMILES string of the molecule is NC(c1ccc(Cl)cc1Br)c1sccc1Br. The van der Waals surface area contributed by atoms with Gasteiger partial charge in [0.1, 0.15) is 0 Å². The standard InChI is InChI=1S/C11H8Br2ClNS/c12-8-3-4-16-11(8)10(15)7-2-1-6(14)5-9(7)13/h1-5,10H,15H2. The lowest BCUT2D eigenvalue weighted by atomic mass is 10.1. The summed E-state index contributed by atoms with van der Waals surface area (Å²) < 4.78 is 1.99. The van der Waals surface area contributed by atoms with Gasteiger partial charge in [0.2, 0.25) is 0 Å². The zero-order valence-electron chi connectivity index (χ0n) is 8.08. The normalized spacial score (nSPS) is 12.8. The van der Waals surface area contributed by atoms with Crippen molar-refractivity contribution in [2.75, 3.05) is 0 Å². The average Bonchev–Trinajstić information content (AvgIpc) is 2.63. The average molecular weight is 382 g/mol. The van der Waals surface area contributed by atoms with Crippen LogP contribution in [0.25, 0.3) is 0 Å². The molecule has 0 radical (unpaired) electrons. The summed E-state index contributed by atoms with van der Waals surface area (Å²) >= 11 is 14.5. The first-order chi connectivity index (χ1) is 7.59. The van der Waals surface area contributed by atoms with Crippen molar-refractivity contribution in [1.82, 2.24) is 0 Å². The van der Waals surface area contributed by atoms with Crippen molar-refractivity contribution >= 4 is 54.8 Å². The molecule has 0 saturated carbocycles. The molecule has 1 heterocycles. The summed E-state index contributed by atoms with van der Waals surface area (Å²) in [6, 6.07) is 7.52. The summed E-state index contributed by atoms with van der Waals surface area (Å²) in [4.78, 5) is 1.11. The van der Waals surface area contributed by atoms with Gasteiger partial charge in [0.15, 0.2) is 0 Å². The van der Waals surface area contributed by atoms with Crippen LogP contribution >= 0.6 is 54.8 Å². The summed E-state index contributed by atoms with van der Waals surface area (Å²) in [5.74, 6) is 0. The minimum atomic E-state index is -0.138. The molecule has 0 bridgehead atoms. The van der Waals surface area contributed by atoms with Crippen LogP contribution in [-0.4, -0.2) is 0 Å². The number of benzene rings is 1. The van der Waals surface area contributed by atoms with Gasteiger partial charge in [0.25, 0.3) is 0 Å². The highest BCUT2D eigenvalue weighted by Gasteiger charge is 2.16. The quantitative estimate of drug-likeness (QED) is 0.780. The molecular weight excluding hydrogens is 373 g/mol. The number of thiophene rings is 1. The van der Waals surface area contributed by atoms with E-state index in [1.807, 2.05) is 29.6 Å². The summed E-state index contributed by atoms with van der Waals surface area (Å²) in [5, 5.41) is 2.72. The van der Waals surface area contributed by atoms with Crippen LogP contribution in [0.15, 0.2) is 38.6 Å². The van der Waals surface area contributed by atoms with E-state index in [1.54, 1.807) is 11.3 Å². The Kier molecular flexibility index (Phi) is 4.08. The molecule has 1 aromatic heterocycles. The number of hydrogen-bond acceptors (Lipinski definition) is 2. The van der Waals surface area contributed by atoms with Crippen molar-refractivity contribution in [2.45, 2.75) is 6.04 Å². The molecular formula is C11H8Br2ClNS. The lowest BCUT2D eigenvalue weighted by Gasteiger charge is -2.13. The van der Waals surface area contributed by atoms with Gasteiger partial charge in [-0.2, -0.15) is 0 Å². The Bertz CT molecular complexity index is 512. The smallest absolute Gasteiger partial charge is 0.0668 e. The number of hydrogen-bond donors (Lipinski definition) is 1. The van der Waals surface area contributed by atoms with Crippen LogP contribution in [0.2, 0.25) is 5.02 Å². The second-order valence-corrected chi connectivity index (χ2v) is 6.37. The predicted octanol–water partition coefficient (Wildman–Crippen LogP) is 4.97. The van der Waals surface area contributed by atoms with Crippen molar-refractivity contribution in [3.63, 3.8) is 0 Å². The summed E-state index contributed by atoms with van der Waals surface area (Å²) in [6.45, 7) is 0. The van der Waals surface area contributed by atoms with E-state index in [1.165, 1.54) is 0 Å². The third-order valence-electron chi connectivity index (χ3n) is 2.22. The van der Waals surface area contributed by atoms with Crippen molar-refractivity contribution in [3.05, 3.63) is 54.1 Å². The van der Waals surface area contributed by atoms with Gasteiger partial charge >= 0.3 is 0 Å². The Balaban J connectivity index is 2.41. The Hall–Kier alpha value is 0.130. The molecule has 1 atom stereocenters. The molecule has 0 amide bonds. The first kappa shape index (κ1) is 12.6. The lowest BCUT2D eigenvalue weighted by molar-refractivity contribution is 0.883. The molecule has 0 aliphatic carbocycles. The van der Waals surface area contributed by atoms with Crippen LogP contribution < -0.4 is 5.73 Å². The van der Waals surface area contributed by atoms with Crippen molar-refractivity contribution < 1.29 is 0 Å². The molecule has 84 valence electrons. The Labute approximate surface area is 120 Å². The molecule has 0 aliphatic heterocycles. The fourth-order valence-electron chi connectivity index (χ4n) is 1.42. The molecule has 2 aromatic rings. The molecule has 0 spiro atoms. The number of halogens is 3. The Morgan fingerprint density at radius 3 is 2.50 bits per heavy atom. The summed E-state index contributed by atoms with van der Waals surface area (Å²) in [7, 11) is 0. The fraction of sp³-hybridized carbons (Fsp3) is 0.0909. The highest BCUT2D eigenvalue weighted by atomic mass is 79.9. The van der Waals surface area contributed by atoms with E-state index < -0.39 is 0 Å². The summed E-state index contributed by atoms with van der Waals surface area (Å²) in [5.41, 5.74) is 7.25. The molecule has 0 aliphatic rings. The minimum absolute atomic E-state index is 0.138. The summed E-state index contributed by atoms with van der Waals surface area (Å²) in [6.07, 6.45) is 0. The van der Waals surface area contributed by atoms with Gasteiger partial charge in [-0.05, 0) is 45.1 Å². The van der Waals surface area contributed by atoms with Gasteiger partial charge in [-0.1, -0.05) is 33.6 Å². The van der Waals surface area contributed by atoms with E-state index in [0.717, 1.165) is 19.4 Å². The van der Waals surface area contributed by atoms with E-state index >= 15 is 0 Å². The number of rotatable bonds is 2. The minimum Gasteiger partial charge on any atom is -0.320 e. The zero-order valence-corrected chi connectivity index (χ0v) is 12.8. The molecule has 5 heteroatoms. The van der Waals surface area contributed by atoms with Crippen molar-refractivity contribution in [3.8, 4) is 0 Å².